The highest BCUT2D eigenvalue weighted by Crippen LogP contribution is 2.20. The number of nitrogens with zero attached hydrogens (tertiary/aromatic N) is 1. The first kappa shape index (κ1) is 12.8. The molecular formula is C15H16N2O3. The Bertz CT molecular complexity index is 545. The number of hydrogen-bond acceptors (Lipinski definition) is 3. The normalized spacial score (nSPS) is 18.5. The molecule has 0 spiro atoms. The fourth-order valence-electron chi connectivity index (χ4n) is 2.24. The lowest BCUT2D eigenvalue weighted by Crippen LogP contribution is -2.28. The first-order valence-corrected chi connectivity index (χ1v) is 6.86. The molecule has 1 heterocycles. The summed E-state index contributed by atoms with van der Waals surface area (Å²) in [6.45, 7) is 0.294. The van der Waals surface area contributed by atoms with Crippen LogP contribution in [0.3, 0.4) is 0 Å². The molecule has 0 bridgehead atoms. The smallest absolute Gasteiger partial charge is 0.251 e. The summed E-state index contributed by atoms with van der Waals surface area (Å²) < 4.78 is 0. The van der Waals surface area contributed by atoms with Crippen LogP contribution in [-0.2, 0) is 16.1 Å². The number of hydrogen-bond donors (Lipinski definition) is 1. The van der Waals surface area contributed by atoms with Crippen LogP contribution in [0, 0.1) is 0 Å². The highest BCUT2D eigenvalue weighted by atomic mass is 16.2. The Hall–Kier alpha value is -2.17. The summed E-state index contributed by atoms with van der Waals surface area (Å²) in [7, 11) is 0. The number of nitrogens with one attached hydrogen (secondary N) is 1. The molecule has 2 fully saturated rings. The zero-order valence-corrected chi connectivity index (χ0v) is 11.1. The molecule has 0 atom stereocenters. The molecule has 1 saturated heterocycles. The third-order valence-electron chi connectivity index (χ3n) is 3.62. The van der Waals surface area contributed by atoms with Crippen molar-refractivity contribution in [1.29, 1.82) is 0 Å². The fraction of sp³-hybridized carbons (Fsp3) is 0.400. The maximum absolute atomic E-state index is 11.8. The number of imide groups is 1. The summed E-state index contributed by atoms with van der Waals surface area (Å²) in [4.78, 5) is 36.2. The molecule has 20 heavy (non-hydrogen) atoms. The Labute approximate surface area is 116 Å². The molecule has 1 saturated carbocycles. The monoisotopic (exact) mass is 272 g/mol. The van der Waals surface area contributed by atoms with Crippen molar-refractivity contribution < 1.29 is 14.4 Å². The molecule has 1 aliphatic heterocycles. The summed E-state index contributed by atoms with van der Waals surface area (Å²) in [5.41, 5.74) is 1.47. The van der Waals surface area contributed by atoms with Crippen LogP contribution in [0.25, 0.3) is 0 Å². The average Bonchev–Trinajstić information content (AvgIpc) is 3.21. The molecule has 3 rings (SSSR count). The lowest BCUT2D eigenvalue weighted by atomic mass is 10.1. The lowest BCUT2D eigenvalue weighted by Gasteiger charge is -2.13. The molecule has 2 aliphatic rings. The van der Waals surface area contributed by atoms with Gasteiger partial charge in [-0.1, -0.05) is 12.1 Å². The van der Waals surface area contributed by atoms with Gasteiger partial charge in [0.1, 0.15) is 0 Å². The van der Waals surface area contributed by atoms with Gasteiger partial charge in [-0.15, -0.1) is 0 Å². The van der Waals surface area contributed by atoms with Gasteiger partial charge in [-0.05, 0) is 30.5 Å². The minimum absolute atomic E-state index is 0.0626. The first-order valence-electron chi connectivity index (χ1n) is 6.86. The SMILES string of the molecule is O=C(NC1CC1)c1ccc(CN2C(=O)CCC2=O)cc1. The predicted molar refractivity (Wildman–Crippen MR) is 71.7 cm³/mol. The minimum atomic E-state index is -0.120. The highest BCUT2D eigenvalue weighted by molar-refractivity contribution is 6.01. The standard InChI is InChI=1S/C15H16N2O3/c18-13-7-8-14(19)17(13)9-10-1-3-11(4-2-10)15(20)16-12-5-6-12/h1-4,12H,5-9H2,(H,16,20). The Morgan fingerprint density at radius 1 is 1.10 bits per heavy atom. The van der Waals surface area contributed by atoms with E-state index in [-0.39, 0.29) is 17.7 Å². The van der Waals surface area contributed by atoms with E-state index in [1.54, 1.807) is 24.3 Å². The maximum atomic E-state index is 11.8. The Kier molecular flexibility index (Phi) is 3.26. The molecule has 104 valence electrons. The number of likely N-dealkylation sites (tertiary alicyclic amines) is 1. The molecule has 1 aromatic rings. The van der Waals surface area contributed by atoms with Gasteiger partial charge in [0.2, 0.25) is 11.8 Å². The summed E-state index contributed by atoms with van der Waals surface area (Å²) in [6, 6.07) is 7.39. The van der Waals surface area contributed by atoms with Crippen molar-refractivity contribution in [3.05, 3.63) is 35.4 Å². The van der Waals surface area contributed by atoms with Crippen LogP contribution in [-0.4, -0.2) is 28.7 Å². The van der Waals surface area contributed by atoms with Crippen molar-refractivity contribution in [2.24, 2.45) is 0 Å². The third kappa shape index (κ3) is 2.71. The Balaban J connectivity index is 1.64. The van der Waals surface area contributed by atoms with Crippen molar-refractivity contribution in [1.82, 2.24) is 10.2 Å². The quantitative estimate of drug-likeness (QED) is 0.838. The van der Waals surface area contributed by atoms with E-state index >= 15 is 0 Å². The number of carbonyl (C=O) groups excluding carboxylic acids is 3. The van der Waals surface area contributed by atoms with E-state index in [9.17, 15) is 14.4 Å². The largest absolute Gasteiger partial charge is 0.349 e. The van der Waals surface area contributed by atoms with Crippen molar-refractivity contribution >= 4 is 17.7 Å². The van der Waals surface area contributed by atoms with Crippen molar-refractivity contribution in [2.75, 3.05) is 0 Å². The molecule has 0 radical (unpaired) electrons. The number of benzene rings is 1. The van der Waals surface area contributed by atoms with Gasteiger partial charge in [-0.25, -0.2) is 0 Å². The van der Waals surface area contributed by atoms with Gasteiger partial charge in [-0.3, -0.25) is 19.3 Å². The molecule has 5 heteroatoms. The molecule has 1 N–H and O–H groups in total. The van der Waals surface area contributed by atoms with E-state index < -0.39 is 0 Å². The maximum Gasteiger partial charge on any atom is 0.251 e. The number of carbonyl (C=O) groups is 3. The highest BCUT2D eigenvalue weighted by Gasteiger charge is 2.28. The van der Waals surface area contributed by atoms with Crippen LogP contribution in [0.2, 0.25) is 0 Å². The Morgan fingerprint density at radius 3 is 2.25 bits per heavy atom. The van der Waals surface area contributed by atoms with Crippen LogP contribution < -0.4 is 5.32 Å². The predicted octanol–water partition coefficient (Wildman–Crippen LogP) is 1.23. The van der Waals surface area contributed by atoms with Gasteiger partial charge >= 0.3 is 0 Å². The lowest BCUT2D eigenvalue weighted by molar-refractivity contribution is -0.139. The molecule has 5 nitrogen and oxygen atoms in total. The van der Waals surface area contributed by atoms with Crippen molar-refractivity contribution in [3.63, 3.8) is 0 Å². The van der Waals surface area contributed by atoms with Gasteiger partial charge in [-0.2, -0.15) is 0 Å². The van der Waals surface area contributed by atoms with E-state index in [4.69, 9.17) is 0 Å². The van der Waals surface area contributed by atoms with Gasteiger partial charge < -0.3 is 5.32 Å². The second kappa shape index (κ2) is 5.07. The first-order chi connectivity index (χ1) is 9.63. The van der Waals surface area contributed by atoms with Crippen molar-refractivity contribution in [3.8, 4) is 0 Å². The van der Waals surface area contributed by atoms with Crippen LogP contribution >= 0.6 is 0 Å². The van der Waals surface area contributed by atoms with Crippen LogP contribution in [0.1, 0.15) is 41.6 Å². The molecular weight excluding hydrogens is 256 g/mol. The van der Waals surface area contributed by atoms with Crippen LogP contribution in [0.15, 0.2) is 24.3 Å². The van der Waals surface area contributed by atoms with Gasteiger partial charge in [0.25, 0.3) is 5.91 Å². The molecule has 0 unspecified atom stereocenters. The topological polar surface area (TPSA) is 66.5 Å². The summed E-state index contributed by atoms with van der Waals surface area (Å²) in [5, 5.41) is 2.92. The van der Waals surface area contributed by atoms with E-state index in [0.29, 0.717) is 31.0 Å². The zero-order valence-electron chi connectivity index (χ0n) is 11.1. The second-order valence-corrected chi connectivity index (χ2v) is 5.32. The average molecular weight is 272 g/mol. The summed E-state index contributed by atoms with van der Waals surface area (Å²) in [5.74, 6) is -0.302. The Morgan fingerprint density at radius 2 is 1.70 bits per heavy atom. The van der Waals surface area contributed by atoms with E-state index in [1.165, 1.54) is 4.90 Å². The molecule has 0 aromatic heterocycles. The van der Waals surface area contributed by atoms with E-state index in [1.807, 2.05) is 0 Å². The third-order valence-corrected chi connectivity index (χ3v) is 3.62. The van der Waals surface area contributed by atoms with E-state index in [0.717, 1.165) is 18.4 Å². The summed E-state index contributed by atoms with van der Waals surface area (Å²) in [6.07, 6.45) is 2.73. The van der Waals surface area contributed by atoms with E-state index in [2.05, 4.69) is 5.32 Å². The number of rotatable bonds is 4. The van der Waals surface area contributed by atoms with Gasteiger partial charge in [0.15, 0.2) is 0 Å². The van der Waals surface area contributed by atoms with Crippen molar-refractivity contribution in [2.45, 2.75) is 38.3 Å². The summed E-state index contributed by atoms with van der Waals surface area (Å²) >= 11 is 0. The number of amides is 3. The molecule has 1 aromatic carbocycles. The van der Waals surface area contributed by atoms with Gasteiger partial charge in [0, 0.05) is 24.4 Å². The molecule has 3 amide bonds. The zero-order chi connectivity index (χ0) is 14.1. The van der Waals surface area contributed by atoms with Crippen LogP contribution in [0.5, 0.6) is 0 Å². The molecule has 1 aliphatic carbocycles. The minimum Gasteiger partial charge on any atom is -0.349 e. The second-order valence-electron chi connectivity index (χ2n) is 5.32. The fourth-order valence-corrected chi connectivity index (χ4v) is 2.24. The van der Waals surface area contributed by atoms with Crippen LogP contribution in [0.4, 0.5) is 0 Å². The van der Waals surface area contributed by atoms with Gasteiger partial charge in [0.05, 0.1) is 6.54 Å².